The number of rotatable bonds is 5. The van der Waals surface area contributed by atoms with Gasteiger partial charge in [-0.1, -0.05) is 34.5 Å². The quantitative estimate of drug-likeness (QED) is 0.884. The normalized spacial score (nSPS) is 24.3. The van der Waals surface area contributed by atoms with Gasteiger partial charge in [0.25, 0.3) is 0 Å². The van der Waals surface area contributed by atoms with Crippen LogP contribution in [0.1, 0.15) is 31.2 Å². The van der Waals surface area contributed by atoms with Gasteiger partial charge < -0.3 is 9.84 Å². The van der Waals surface area contributed by atoms with Gasteiger partial charge in [-0.2, -0.15) is 0 Å². The fourth-order valence-electron chi connectivity index (χ4n) is 3.13. The number of ether oxygens (including phenoxy) is 1. The predicted octanol–water partition coefficient (Wildman–Crippen LogP) is 3.90. The van der Waals surface area contributed by atoms with Crippen molar-refractivity contribution in [3.8, 4) is 0 Å². The van der Waals surface area contributed by atoms with Gasteiger partial charge in [-0.3, -0.25) is 4.79 Å². The number of hydrogen-bond donors (Lipinski definition) is 1. The number of halogens is 1. The third-order valence-corrected chi connectivity index (χ3v) is 4.72. The second-order valence-electron chi connectivity index (χ2n) is 5.56. The van der Waals surface area contributed by atoms with Crippen LogP contribution in [0.2, 0.25) is 0 Å². The molecule has 3 atom stereocenters. The number of benzene rings is 1. The highest BCUT2D eigenvalue weighted by molar-refractivity contribution is 9.10. The molecule has 1 aliphatic rings. The molecule has 4 heteroatoms. The molecule has 1 aromatic carbocycles. The fraction of sp³-hybridized carbons (Fsp3) is 0.562. The van der Waals surface area contributed by atoms with E-state index in [1.165, 1.54) is 0 Å². The molecule has 110 valence electrons. The minimum absolute atomic E-state index is 0.213. The van der Waals surface area contributed by atoms with E-state index in [0.717, 1.165) is 35.7 Å². The number of methoxy groups -OCH3 is 1. The smallest absolute Gasteiger partial charge is 0.307 e. The van der Waals surface area contributed by atoms with Crippen LogP contribution in [0.15, 0.2) is 28.7 Å². The highest BCUT2D eigenvalue weighted by Gasteiger charge is 2.32. The molecular formula is C16H21BrO3. The van der Waals surface area contributed by atoms with Gasteiger partial charge >= 0.3 is 5.97 Å². The molecule has 1 fully saturated rings. The Labute approximate surface area is 128 Å². The van der Waals surface area contributed by atoms with Crippen molar-refractivity contribution in [1.82, 2.24) is 0 Å². The Morgan fingerprint density at radius 3 is 2.95 bits per heavy atom. The lowest BCUT2D eigenvalue weighted by molar-refractivity contribution is -0.144. The van der Waals surface area contributed by atoms with Crippen molar-refractivity contribution in [2.24, 2.45) is 11.8 Å². The van der Waals surface area contributed by atoms with Crippen LogP contribution < -0.4 is 0 Å². The van der Waals surface area contributed by atoms with Crippen LogP contribution in [0.5, 0.6) is 0 Å². The van der Waals surface area contributed by atoms with E-state index >= 15 is 0 Å². The summed E-state index contributed by atoms with van der Waals surface area (Å²) in [5.74, 6) is -0.792. The molecule has 3 nitrogen and oxygen atoms in total. The molecule has 1 aliphatic carbocycles. The van der Waals surface area contributed by atoms with Crippen LogP contribution in [0.25, 0.3) is 0 Å². The van der Waals surface area contributed by atoms with Gasteiger partial charge in [0.05, 0.1) is 12.0 Å². The van der Waals surface area contributed by atoms with Gasteiger partial charge in [0.15, 0.2) is 0 Å². The first-order valence-electron chi connectivity index (χ1n) is 7.10. The largest absolute Gasteiger partial charge is 0.481 e. The van der Waals surface area contributed by atoms with Crippen LogP contribution in [0.4, 0.5) is 0 Å². The third kappa shape index (κ3) is 4.06. The van der Waals surface area contributed by atoms with E-state index in [-0.39, 0.29) is 17.9 Å². The molecular weight excluding hydrogens is 320 g/mol. The van der Waals surface area contributed by atoms with E-state index in [1.54, 1.807) is 7.11 Å². The van der Waals surface area contributed by atoms with Crippen molar-refractivity contribution in [2.75, 3.05) is 7.11 Å². The van der Waals surface area contributed by atoms with Gasteiger partial charge in [-0.15, -0.1) is 0 Å². The molecule has 0 amide bonds. The second-order valence-corrected chi connectivity index (χ2v) is 6.48. The first-order chi connectivity index (χ1) is 9.60. The Morgan fingerprint density at radius 2 is 2.30 bits per heavy atom. The Hall–Kier alpha value is -0.870. The number of aliphatic carboxylic acids is 1. The monoisotopic (exact) mass is 340 g/mol. The lowest BCUT2D eigenvalue weighted by Gasteiger charge is -2.32. The van der Waals surface area contributed by atoms with E-state index in [9.17, 15) is 9.90 Å². The highest BCUT2D eigenvalue weighted by Crippen LogP contribution is 2.33. The fourth-order valence-corrected chi connectivity index (χ4v) is 3.58. The van der Waals surface area contributed by atoms with Gasteiger partial charge in [-0.25, -0.2) is 0 Å². The highest BCUT2D eigenvalue weighted by atomic mass is 79.9. The maximum atomic E-state index is 11.6. The molecule has 0 saturated heterocycles. The van der Waals surface area contributed by atoms with Crippen molar-refractivity contribution < 1.29 is 14.6 Å². The molecule has 1 N–H and O–H groups in total. The van der Waals surface area contributed by atoms with Crippen molar-refractivity contribution in [3.63, 3.8) is 0 Å². The Morgan fingerprint density at radius 1 is 1.50 bits per heavy atom. The maximum absolute atomic E-state index is 11.6. The van der Waals surface area contributed by atoms with Crippen molar-refractivity contribution >= 4 is 21.9 Å². The number of carboxylic acid groups (broad SMARTS) is 1. The molecule has 1 saturated carbocycles. The molecule has 0 aliphatic heterocycles. The van der Waals surface area contributed by atoms with Crippen molar-refractivity contribution in [1.29, 1.82) is 0 Å². The van der Waals surface area contributed by atoms with Crippen LogP contribution in [0, 0.1) is 11.8 Å². The molecule has 0 bridgehead atoms. The molecule has 1 aromatic rings. The van der Waals surface area contributed by atoms with E-state index in [0.29, 0.717) is 6.42 Å². The Bertz CT molecular complexity index is 461. The zero-order valence-corrected chi connectivity index (χ0v) is 13.3. The summed E-state index contributed by atoms with van der Waals surface area (Å²) in [6.07, 6.45) is 4.78. The van der Waals surface area contributed by atoms with Crippen LogP contribution in [0.3, 0.4) is 0 Å². The standard InChI is InChI=1S/C16H21BrO3/c1-20-14-7-3-5-12(10-14)15(16(18)19)9-11-4-2-6-13(17)8-11/h2,4,6,8,12,14-15H,3,5,7,9-10H2,1H3,(H,18,19). The Kier molecular flexibility index (Phi) is 5.61. The summed E-state index contributed by atoms with van der Waals surface area (Å²) < 4.78 is 6.42. The van der Waals surface area contributed by atoms with Crippen LogP contribution in [-0.4, -0.2) is 24.3 Å². The summed E-state index contributed by atoms with van der Waals surface area (Å²) in [6, 6.07) is 7.92. The predicted molar refractivity (Wildman–Crippen MR) is 81.7 cm³/mol. The zero-order valence-electron chi connectivity index (χ0n) is 11.7. The summed E-state index contributed by atoms with van der Waals surface area (Å²) in [4.78, 5) is 11.6. The first kappa shape index (κ1) is 15.5. The first-order valence-corrected chi connectivity index (χ1v) is 7.89. The van der Waals surface area contributed by atoms with E-state index < -0.39 is 5.97 Å². The van der Waals surface area contributed by atoms with Gasteiger partial charge in [0.1, 0.15) is 0 Å². The number of hydrogen-bond acceptors (Lipinski definition) is 2. The molecule has 0 aromatic heterocycles. The minimum Gasteiger partial charge on any atom is -0.481 e. The summed E-state index contributed by atoms with van der Waals surface area (Å²) in [5, 5.41) is 9.56. The molecule has 2 rings (SSSR count). The number of carbonyl (C=O) groups is 1. The summed E-state index contributed by atoms with van der Waals surface area (Å²) in [6.45, 7) is 0. The summed E-state index contributed by atoms with van der Waals surface area (Å²) in [7, 11) is 1.72. The van der Waals surface area contributed by atoms with Gasteiger partial charge in [0, 0.05) is 11.6 Å². The minimum atomic E-state index is -0.688. The van der Waals surface area contributed by atoms with Crippen molar-refractivity contribution in [2.45, 2.75) is 38.2 Å². The molecule has 0 spiro atoms. The SMILES string of the molecule is COC1CCCC(C(Cc2cccc(Br)c2)C(=O)O)C1. The number of carboxylic acids is 1. The molecule has 0 radical (unpaired) electrons. The molecule has 0 heterocycles. The lowest BCUT2D eigenvalue weighted by Crippen LogP contribution is -2.32. The van der Waals surface area contributed by atoms with Crippen molar-refractivity contribution in [3.05, 3.63) is 34.3 Å². The van der Waals surface area contributed by atoms with E-state index in [4.69, 9.17) is 4.74 Å². The Balaban J connectivity index is 2.09. The third-order valence-electron chi connectivity index (χ3n) is 4.23. The second kappa shape index (κ2) is 7.23. The van der Waals surface area contributed by atoms with Gasteiger partial charge in [-0.05, 0) is 49.3 Å². The van der Waals surface area contributed by atoms with E-state index in [2.05, 4.69) is 15.9 Å². The lowest BCUT2D eigenvalue weighted by atomic mass is 9.76. The summed E-state index contributed by atoms with van der Waals surface area (Å²) in [5.41, 5.74) is 1.08. The van der Waals surface area contributed by atoms with Gasteiger partial charge in [0.2, 0.25) is 0 Å². The van der Waals surface area contributed by atoms with Crippen LogP contribution >= 0.6 is 15.9 Å². The maximum Gasteiger partial charge on any atom is 0.307 e. The molecule has 20 heavy (non-hydrogen) atoms. The average Bonchev–Trinajstić information content (AvgIpc) is 2.44. The van der Waals surface area contributed by atoms with E-state index in [1.807, 2.05) is 24.3 Å². The average molecular weight is 341 g/mol. The zero-order chi connectivity index (χ0) is 14.5. The summed E-state index contributed by atoms with van der Waals surface area (Å²) >= 11 is 3.44. The topological polar surface area (TPSA) is 46.5 Å². The molecule has 3 unspecified atom stereocenters. The van der Waals surface area contributed by atoms with Crippen LogP contribution in [-0.2, 0) is 16.0 Å².